The van der Waals surface area contributed by atoms with E-state index in [0.29, 0.717) is 28.9 Å². The zero-order valence-corrected chi connectivity index (χ0v) is 12.8. The van der Waals surface area contributed by atoms with E-state index in [1.54, 1.807) is 13.8 Å². The van der Waals surface area contributed by atoms with Crippen molar-refractivity contribution in [3.8, 4) is 11.5 Å². The molecule has 0 spiro atoms. The van der Waals surface area contributed by atoms with Crippen molar-refractivity contribution >= 4 is 5.78 Å². The summed E-state index contributed by atoms with van der Waals surface area (Å²) in [4.78, 5) is 11.0. The minimum atomic E-state index is -0.308. The molecule has 1 rings (SSSR count). The number of aliphatic hydroxyl groups excluding tert-OH is 2. The number of hydrogen-bond acceptors (Lipinski definition) is 5. The smallest absolute Gasteiger partial charge is 0.155 e. The molecule has 21 heavy (non-hydrogen) atoms. The summed E-state index contributed by atoms with van der Waals surface area (Å²) >= 11 is 0. The molecule has 0 aliphatic rings. The van der Waals surface area contributed by atoms with Crippen LogP contribution >= 0.6 is 0 Å². The highest BCUT2D eigenvalue weighted by Gasteiger charge is 2.19. The number of ketones is 1. The van der Waals surface area contributed by atoms with E-state index in [-0.39, 0.29) is 29.8 Å². The van der Waals surface area contributed by atoms with Gasteiger partial charge in [0.15, 0.2) is 5.78 Å². The SMILES string of the molecule is COc1c(C)c(O)cc(CO)c1C[C@@H](C)C(O)=CC(C)=O. The van der Waals surface area contributed by atoms with Gasteiger partial charge >= 0.3 is 0 Å². The lowest BCUT2D eigenvalue weighted by atomic mass is 9.92. The van der Waals surface area contributed by atoms with Gasteiger partial charge < -0.3 is 20.1 Å². The summed E-state index contributed by atoms with van der Waals surface area (Å²) in [5.41, 5.74) is 1.83. The first-order valence-electron chi connectivity index (χ1n) is 6.72. The predicted octanol–water partition coefficient (Wildman–Crippen LogP) is 2.41. The lowest BCUT2D eigenvalue weighted by molar-refractivity contribution is -0.112. The third kappa shape index (κ3) is 3.98. The number of aromatic hydroxyl groups is 1. The highest BCUT2D eigenvalue weighted by molar-refractivity contribution is 5.87. The van der Waals surface area contributed by atoms with Crippen LogP contribution in [0.3, 0.4) is 0 Å². The molecule has 0 unspecified atom stereocenters. The molecule has 1 aromatic carbocycles. The summed E-state index contributed by atoms with van der Waals surface area (Å²) in [6, 6.07) is 1.49. The van der Waals surface area contributed by atoms with Crippen molar-refractivity contribution in [3.63, 3.8) is 0 Å². The largest absolute Gasteiger partial charge is 0.512 e. The average Bonchev–Trinajstić information content (AvgIpc) is 2.42. The van der Waals surface area contributed by atoms with Gasteiger partial charge in [0.1, 0.15) is 11.5 Å². The molecule has 0 heterocycles. The van der Waals surface area contributed by atoms with E-state index < -0.39 is 0 Å². The fourth-order valence-electron chi connectivity index (χ4n) is 2.25. The van der Waals surface area contributed by atoms with Crippen LogP contribution in [-0.4, -0.2) is 28.2 Å². The Hall–Kier alpha value is -2.01. The molecule has 5 heteroatoms. The van der Waals surface area contributed by atoms with Gasteiger partial charge in [0.2, 0.25) is 0 Å². The summed E-state index contributed by atoms with van der Waals surface area (Å²) in [6.45, 7) is 4.61. The molecule has 0 fully saturated rings. The Morgan fingerprint density at radius 3 is 2.57 bits per heavy atom. The number of ether oxygens (including phenoxy) is 1. The molecule has 0 amide bonds. The first-order chi connectivity index (χ1) is 9.81. The summed E-state index contributed by atoms with van der Waals surface area (Å²) in [7, 11) is 1.49. The molecule has 1 aromatic rings. The summed E-state index contributed by atoms with van der Waals surface area (Å²) in [5, 5.41) is 29.2. The minimum Gasteiger partial charge on any atom is -0.512 e. The van der Waals surface area contributed by atoms with Crippen LogP contribution in [0.4, 0.5) is 0 Å². The highest BCUT2D eigenvalue weighted by Crippen LogP contribution is 2.36. The second kappa shape index (κ2) is 7.13. The molecule has 0 aromatic heterocycles. The fraction of sp³-hybridized carbons (Fsp3) is 0.438. The van der Waals surface area contributed by atoms with E-state index in [1.807, 2.05) is 0 Å². The number of aliphatic hydroxyl groups is 2. The van der Waals surface area contributed by atoms with Crippen LogP contribution in [0.2, 0.25) is 0 Å². The molecule has 0 saturated heterocycles. The number of rotatable bonds is 6. The highest BCUT2D eigenvalue weighted by atomic mass is 16.5. The molecular formula is C16H22O5. The zero-order valence-electron chi connectivity index (χ0n) is 12.8. The number of hydrogen-bond donors (Lipinski definition) is 3. The van der Waals surface area contributed by atoms with Crippen LogP contribution in [0.5, 0.6) is 11.5 Å². The van der Waals surface area contributed by atoms with Crippen LogP contribution in [0.15, 0.2) is 17.9 Å². The Balaban J connectivity index is 3.23. The molecule has 0 aliphatic heterocycles. The third-order valence-corrected chi connectivity index (χ3v) is 3.44. The normalized spacial score (nSPS) is 13.1. The number of carbonyl (C=O) groups is 1. The second-order valence-electron chi connectivity index (χ2n) is 5.13. The zero-order chi connectivity index (χ0) is 16.2. The van der Waals surface area contributed by atoms with Crippen molar-refractivity contribution in [1.29, 1.82) is 0 Å². The summed E-state index contributed by atoms with van der Waals surface area (Å²) in [6.07, 6.45) is 1.57. The van der Waals surface area contributed by atoms with E-state index >= 15 is 0 Å². The topological polar surface area (TPSA) is 87.0 Å². The standard InChI is InChI=1S/C16H22O5/c1-9(14(19)6-10(2)18)5-13-12(8-17)7-15(20)11(3)16(13)21-4/h6-7,9,17,19-20H,5,8H2,1-4H3/t9-/m1/s1. The van der Waals surface area contributed by atoms with E-state index in [2.05, 4.69) is 0 Å². The van der Waals surface area contributed by atoms with Crippen molar-refractivity contribution in [2.24, 2.45) is 5.92 Å². The Labute approximate surface area is 124 Å². The molecular weight excluding hydrogens is 272 g/mol. The molecule has 3 N–H and O–H groups in total. The van der Waals surface area contributed by atoms with E-state index in [1.165, 1.54) is 26.2 Å². The molecule has 5 nitrogen and oxygen atoms in total. The first-order valence-corrected chi connectivity index (χ1v) is 6.72. The average molecular weight is 294 g/mol. The van der Waals surface area contributed by atoms with Crippen molar-refractivity contribution < 1.29 is 24.9 Å². The number of carbonyl (C=O) groups excluding carboxylic acids is 1. The van der Waals surface area contributed by atoms with Crippen LogP contribution in [0, 0.1) is 12.8 Å². The molecule has 0 saturated carbocycles. The monoisotopic (exact) mass is 294 g/mol. The maximum Gasteiger partial charge on any atom is 0.155 e. The number of allylic oxidation sites excluding steroid dienone is 2. The van der Waals surface area contributed by atoms with E-state index in [9.17, 15) is 20.1 Å². The van der Waals surface area contributed by atoms with Gasteiger partial charge in [-0.2, -0.15) is 0 Å². The van der Waals surface area contributed by atoms with Gasteiger partial charge in [-0.3, -0.25) is 4.79 Å². The van der Waals surface area contributed by atoms with Gasteiger partial charge in [-0.05, 0) is 31.9 Å². The van der Waals surface area contributed by atoms with E-state index in [4.69, 9.17) is 4.74 Å². The lowest BCUT2D eigenvalue weighted by Crippen LogP contribution is -2.09. The number of methoxy groups -OCH3 is 1. The number of phenols is 1. The quantitative estimate of drug-likeness (QED) is 0.554. The first kappa shape index (κ1) is 17.0. The van der Waals surface area contributed by atoms with Crippen LogP contribution < -0.4 is 4.74 Å². The minimum absolute atomic E-state index is 0.0147. The maximum atomic E-state index is 11.0. The van der Waals surface area contributed by atoms with Crippen LogP contribution in [0.25, 0.3) is 0 Å². The Morgan fingerprint density at radius 2 is 2.10 bits per heavy atom. The Bertz CT molecular complexity index is 560. The summed E-state index contributed by atoms with van der Waals surface area (Å²) < 4.78 is 5.32. The van der Waals surface area contributed by atoms with Crippen molar-refractivity contribution in [2.45, 2.75) is 33.8 Å². The van der Waals surface area contributed by atoms with Crippen molar-refractivity contribution in [3.05, 3.63) is 34.6 Å². The molecule has 0 radical (unpaired) electrons. The second-order valence-corrected chi connectivity index (χ2v) is 5.13. The lowest BCUT2D eigenvalue weighted by Gasteiger charge is -2.19. The third-order valence-electron chi connectivity index (χ3n) is 3.44. The number of phenolic OH excluding ortho intramolecular Hbond substituents is 1. The Morgan fingerprint density at radius 1 is 1.48 bits per heavy atom. The van der Waals surface area contributed by atoms with Gasteiger partial charge in [-0.25, -0.2) is 0 Å². The van der Waals surface area contributed by atoms with Gasteiger partial charge in [0, 0.05) is 23.1 Å². The maximum absolute atomic E-state index is 11.0. The van der Waals surface area contributed by atoms with E-state index in [0.717, 1.165) is 0 Å². The number of benzene rings is 1. The fourth-order valence-corrected chi connectivity index (χ4v) is 2.25. The van der Waals surface area contributed by atoms with Crippen LogP contribution in [0.1, 0.15) is 30.5 Å². The van der Waals surface area contributed by atoms with Gasteiger partial charge in [-0.15, -0.1) is 0 Å². The van der Waals surface area contributed by atoms with Crippen LogP contribution in [-0.2, 0) is 17.8 Å². The van der Waals surface area contributed by atoms with Gasteiger partial charge in [0.25, 0.3) is 0 Å². The molecule has 0 aliphatic carbocycles. The predicted molar refractivity (Wildman–Crippen MR) is 79.6 cm³/mol. The van der Waals surface area contributed by atoms with Crippen molar-refractivity contribution in [1.82, 2.24) is 0 Å². The van der Waals surface area contributed by atoms with Gasteiger partial charge in [-0.1, -0.05) is 6.92 Å². The molecule has 1 atom stereocenters. The molecule has 0 bridgehead atoms. The molecule has 116 valence electrons. The van der Waals surface area contributed by atoms with Crippen molar-refractivity contribution in [2.75, 3.05) is 7.11 Å². The summed E-state index contributed by atoms with van der Waals surface area (Å²) in [5.74, 6) is -0.0101. The van der Waals surface area contributed by atoms with Gasteiger partial charge in [0.05, 0.1) is 19.5 Å². The Kier molecular flexibility index (Phi) is 5.79.